The zero-order valence-corrected chi connectivity index (χ0v) is 25.8. The van der Waals surface area contributed by atoms with Gasteiger partial charge in [0.2, 0.25) is 11.8 Å². The summed E-state index contributed by atoms with van der Waals surface area (Å²) < 4.78 is 23.1. The van der Waals surface area contributed by atoms with Crippen LogP contribution in [0.4, 0.5) is 0 Å². The van der Waals surface area contributed by atoms with Gasteiger partial charge in [-0.25, -0.2) is 0 Å². The lowest BCUT2D eigenvalue weighted by Crippen LogP contribution is -2.51. The average molecular weight is 599 g/mol. The maximum atomic E-state index is 12.5. The smallest absolute Gasteiger partial charge is 0.303 e. The zero-order valence-electron chi connectivity index (χ0n) is 25.8. The Hall–Kier alpha value is -2.79. The maximum Gasteiger partial charge on any atom is 0.303 e. The number of rotatable bonds is 12. The monoisotopic (exact) mass is 598 g/mol. The summed E-state index contributed by atoms with van der Waals surface area (Å²) in [6.45, 7) is 10.3. The molecule has 3 N–H and O–H groups in total. The van der Waals surface area contributed by atoms with Crippen LogP contribution in [-0.2, 0) is 33.3 Å². The number of aliphatic hydroxyl groups excluding tert-OH is 1. The molecular formula is C33H46N2O8. The van der Waals surface area contributed by atoms with Crippen molar-refractivity contribution in [2.24, 2.45) is 11.3 Å². The van der Waals surface area contributed by atoms with Crippen molar-refractivity contribution in [2.45, 2.75) is 115 Å². The van der Waals surface area contributed by atoms with Gasteiger partial charge in [-0.15, -0.1) is 0 Å². The van der Waals surface area contributed by atoms with Crippen LogP contribution in [0, 0.1) is 11.3 Å². The van der Waals surface area contributed by atoms with Crippen molar-refractivity contribution in [1.82, 2.24) is 10.6 Å². The van der Waals surface area contributed by atoms with E-state index in [1.165, 1.54) is 18.6 Å². The van der Waals surface area contributed by atoms with Crippen LogP contribution in [0.2, 0.25) is 0 Å². The highest BCUT2D eigenvalue weighted by Gasteiger charge is 2.60. The molecule has 0 radical (unpaired) electrons. The van der Waals surface area contributed by atoms with Gasteiger partial charge in [0.1, 0.15) is 23.9 Å². The van der Waals surface area contributed by atoms with E-state index in [1.807, 2.05) is 26.0 Å². The summed E-state index contributed by atoms with van der Waals surface area (Å²) in [5.74, 6) is -0.440. The molecule has 3 aliphatic heterocycles. The Morgan fingerprint density at radius 2 is 1.93 bits per heavy atom. The summed E-state index contributed by atoms with van der Waals surface area (Å²) in [5, 5.41) is 17.0. The minimum absolute atomic E-state index is 0.00526. The third-order valence-corrected chi connectivity index (χ3v) is 9.33. The number of nitrogens with one attached hydrogen (secondary N) is 2. The lowest BCUT2D eigenvalue weighted by Gasteiger charge is -2.39. The molecule has 0 aromatic carbocycles. The molecule has 1 saturated carbocycles. The second-order valence-electron chi connectivity index (χ2n) is 13.1. The van der Waals surface area contributed by atoms with Gasteiger partial charge in [-0.3, -0.25) is 14.4 Å². The number of allylic oxidation sites excluding steroid dienone is 2. The Balaban J connectivity index is 1.07. The molecule has 5 aliphatic rings. The van der Waals surface area contributed by atoms with Crippen molar-refractivity contribution in [3.63, 3.8) is 0 Å². The largest absolute Gasteiger partial charge is 0.459 e. The van der Waals surface area contributed by atoms with E-state index in [2.05, 4.69) is 29.7 Å². The molecule has 10 nitrogen and oxygen atoms in total. The molecule has 0 aromatic rings. The van der Waals surface area contributed by atoms with E-state index in [1.54, 1.807) is 13.0 Å². The Kier molecular flexibility index (Phi) is 9.32. The summed E-state index contributed by atoms with van der Waals surface area (Å²) in [6.07, 6.45) is 12.2. The quantitative estimate of drug-likeness (QED) is 0.103. The number of hydrogen-bond donors (Lipinski definition) is 3. The first-order valence-electron chi connectivity index (χ1n) is 15.5. The van der Waals surface area contributed by atoms with Crippen molar-refractivity contribution in [3.05, 3.63) is 47.6 Å². The maximum absolute atomic E-state index is 12.5. The second-order valence-corrected chi connectivity index (χ2v) is 13.1. The van der Waals surface area contributed by atoms with Crippen LogP contribution in [0.15, 0.2) is 47.6 Å². The first-order chi connectivity index (χ1) is 20.4. The van der Waals surface area contributed by atoms with Crippen LogP contribution in [-0.4, -0.2) is 84.3 Å². The van der Waals surface area contributed by atoms with Crippen LogP contribution < -0.4 is 10.6 Å². The normalized spacial score (nSPS) is 38.8. The van der Waals surface area contributed by atoms with Crippen molar-refractivity contribution in [3.8, 4) is 0 Å². The molecule has 5 rings (SSSR count). The van der Waals surface area contributed by atoms with Crippen molar-refractivity contribution in [2.75, 3.05) is 13.2 Å². The van der Waals surface area contributed by atoms with E-state index < -0.39 is 29.9 Å². The number of carbonyl (C=O) groups excluding carboxylic acids is 3. The van der Waals surface area contributed by atoms with Crippen LogP contribution >= 0.6 is 0 Å². The number of epoxide rings is 1. The number of esters is 1. The van der Waals surface area contributed by atoms with Crippen LogP contribution in [0.3, 0.4) is 0 Å². The van der Waals surface area contributed by atoms with Crippen LogP contribution in [0.5, 0.6) is 0 Å². The fourth-order valence-corrected chi connectivity index (χ4v) is 6.21. The minimum atomic E-state index is -0.783. The zero-order chi connectivity index (χ0) is 30.9. The Bertz CT molecular complexity index is 1220. The van der Waals surface area contributed by atoms with Crippen LogP contribution in [0.1, 0.15) is 66.7 Å². The summed E-state index contributed by atoms with van der Waals surface area (Å²) >= 11 is 0. The van der Waals surface area contributed by atoms with Crippen LogP contribution in [0.25, 0.3) is 0 Å². The standard InChI is InChI=1S/C33H46N2O8/c1-19(6-9-27-20(2)12-26(22(4)42-27)35-29(37)11-8-21(3)41-23(5)36)7-10-28-31(39)33(18-40-33)16-25(43-28)13-30(38)34-17-32-14-24(32)15-32/h6-8,10-11,14,20-22,25-28,31,39H,9,12-13,15-18H2,1-5H3,(H,34,38)(H,35,37)/b10-7+,11-8-,19-6+/t20-,21-,22+,25+,26+,27-,28+,31+,32-,33+/m0/s1. The Morgan fingerprint density at radius 1 is 1.21 bits per heavy atom. The molecule has 0 aromatic heterocycles. The topological polar surface area (TPSA) is 136 Å². The highest BCUT2D eigenvalue weighted by Crippen LogP contribution is 2.67. The second kappa shape index (κ2) is 12.7. The van der Waals surface area contributed by atoms with Gasteiger partial charge in [0.05, 0.1) is 37.4 Å². The minimum Gasteiger partial charge on any atom is -0.459 e. The molecule has 0 unspecified atom stereocenters. The molecule has 3 saturated heterocycles. The fraction of sp³-hybridized carbons (Fsp3) is 0.667. The summed E-state index contributed by atoms with van der Waals surface area (Å²) in [7, 11) is 0. The number of fused-ring (bicyclic) bond motifs is 1. The number of hydrogen-bond acceptors (Lipinski definition) is 8. The van der Waals surface area contributed by atoms with E-state index in [0.29, 0.717) is 26.0 Å². The molecule has 0 bridgehead atoms. The lowest BCUT2D eigenvalue weighted by molar-refractivity contribution is -0.145. The van der Waals surface area contributed by atoms with Crippen molar-refractivity contribution < 1.29 is 38.4 Å². The number of ether oxygens (including phenoxy) is 4. The summed E-state index contributed by atoms with van der Waals surface area (Å²) in [5.41, 5.74) is 2.05. The molecule has 10 heteroatoms. The first-order valence-corrected chi connectivity index (χ1v) is 15.5. The molecule has 1 spiro atoms. The van der Waals surface area contributed by atoms with Crippen molar-refractivity contribution >= 4 is 17.8 Å². The average Bonchev–Trinajstić information content (AvgIpc) is 3.85. The SMILES string of the molecule is CC(=O)O[C@@H](C)/C=C\C(=O)N[C@@H]1C[C@H](C)[C@H](C/C=C(C)/C=C/[C@H]2O[C@H](CC(=O)NC[C@@]34C=C3C4)C[C@@]3(CO3)[C@@H]2O)O[C@@H]1C. The highest BCUT2D eigenvalue weighted by molar-refractivity contribution is 5.87. The van der Waals surface area contributed by atoms with Gasteiger partial charge in [0.15, 0.2) is 0 Å². The molecule has 4 fully saturated rings. The molecule has 2 amide bonds. The number of carbonyl (C=O) groups is 3. The first kappa shape index (κ1) is 31.6. The van der Waals surface area contributed by atoms with Gasteiger partial charge in [0.25, 0.3) is 0 Å². The predicted octanol–water partition coefficient (Wildman–Crippen LogP) is 2.81. The summed E-state index contributed by atoms with van der Waals surface area (Å²) in [6, 6.07) is -0.120. The van der Waals surface area contributed by atoms with Crippen molar-refractivity contribution in [1.29, 1.82) is 0 Å². The van der Waals surface area contributed by atoms with E-state index in [4.69, 9.17) is 18.9 Å². The Labute approximate surface area is 253 Å². The molecule has 3 heterocycles. The molecule has 2 aliphatic carbocycles. The van der Waals surface area contributed by atoms with E-state index in [9.17, 15) is 19.5 Å². The number of amides is 2. The van der Waals surface area contributed by atoms with Gasteiger partial charge < -0.3 is 34.7 Å². The number of aliphatic hydroxyl groups is 1. The fourth-order valence-electron chi connectivity index (χ4n) is 6.21. The van der Waals surface area contributed by atoms with E-state index in [-0.39, 0.29) is 53.9 Å². The lowest BCUT2D eigenvalue weighted by atomic mass is 9.87. The van der Waals surface area contributed by atoms with Gasteiger partial charge in [-0.2, -0.15) is 0 Å². The Morgan fingerprint density at radius 3 is 2.58 bits per heavy atom. The van der Waals surface area contributed by atoms with Gasteiger partial charge in [0, 0.05) is 31.4 Å². The third-order valence-electron chi connectivity index (χ3n) is 9.33. The molecular weight excluding hydrogens is 552 g/mol. The molecule has 10 atom stereocenters. The molecule has 236 valence electrons. The predicted molar refractivity (Wildman–Crippen MR) is 159 cm³/mol. The van der Waals surface area contributed by atoms with E-state index in [0.717, 1.165) is 18.4 Å². The summed E-state index contributed by atoms with van der Waals surface area (Å²) in [4.78, 5) is 36.0. The van der Waals surface area contributed by atoms with Gasteiger partial charge in [-0.1, -0.05) is 42.4 Å². The van der Waals surface area contributed by atoms with E-state index >= 15 is 0 Å². The highest BCUT2D eigenvalue weighted by atomic mass is 16.6. The molecule has 43 heavy (non-hydrogen) atoms. The van der Waals surface area contributed by atoms with Gasteiger partial charge >= 0.3 is 5.97 Å². The third kappa shape index (κ3) is 8.03. The van der Waals surface area contributed by atoms with Gasteiger partial charge in [-0.05, 0) is 52.0 Å².